The minimum atomic E-state index is -0.765. The van der Waals surface area contributed by atoms with Crippen LogP contribution in [0.2, 0.25) is 0 Å². The molecule has 2 rings (SSSR count). The average molecular weight is 303 g/mol. The van der Waals surface area contributed by atoms with Crippen molar-refractivity contribution in [3.63, 3.8) is 0 Å². The molecular formula is C13H16Cl2N2O2. The number of anilines is 1. The molecule has 104 valence electrons. The van der Waals surface area contributed by atoms with Crippen molar-refractivity contribution in [3.05, 3.63) is 53.9 Å². The zero-order valence-corrected chi connectivity index (χ0v) is 11.9. The number of nitrogens with zero attached hydrogens (tertiary/aromatic N) is 1. The van der Waals surface area contributed by atoms with Crippen LogP contribution in [0.15, 0.2) is 42.7 Å². The summed E-state index contributed by atoms with van der Waals surface area (Å²) in [6, 6.07) is 8.77. The van der Waals surface area contributed by atoms with E-state index in [9.17, 15) is 5.11 Å². The van der Waals surface area contributed by atoms with Crippen LogP contribution in [0.1, 0.15) is 17.2 Å². The highest BCUT2D eigenvalue weighted by Crippen LogP contribution is 2.30. The fourth-order valence-electron chi connectivity index (χ4n) is 1.67. The molecule has 1 heterocycles. The summed E-state index contributed by atoms with van der Waals surface area (Å²) < 4.78 is 5.21. The Kier molecular flexibility index (Phi) is 7.22. The van der Waals surface area contributed by atoms with E-state index in [1.807, 2.05) is 6.07 Å². The van der Waals surface area contributed by atoms with Crippen molar-refractivity contribution in [3.8, 4) is 5.75 Å². The molecule has 0 aliphatic heterocycles. The molecule has 0 saturated carbocycles. The van der Waals surface area contributed by atoms with Crippen LogP contribution in [-0.4, -0.2) is 17.2 Å². The third kappa shape index (κ3) is 3.99. The molecule has 0 aliphatic carbocycles. The topological polar surface area (TPSA) is 68.4 Å². The summed E-state index contributed by atoms with van der Waals surface area (Å²) >= 11 is 0. The summed E-state index contributed by atoms with van der Waals surface area (Å²) in [5, 5.41) is 10.2. The maximum atomic E-state index is 10.2. The number of nitrogen functional groups attached to an aromatic ring is 1. The predicted octanol–water partition coefficient (Wildman–Crippen LogP) is 2.60. The number of hydrogen-bond acceptors (Lipinski definition) is 4. The molecule has 2 aromatic rings. The fraction of sp³-hybridized carbons (Fsp3) is 0.154. The summed E-state index contributed by atoms with van der Waals surface area (Å²) in [6.07, 6.45) is 2.52. The van der Waals surface area contributed by atoms with E-state index in [-0.39, 0.29) is 24.8 Å². The van der Waals surface area contributed by atoms with Crippen molar-refractivity contribution in [1.82, 2.24) is 4.98 Å². The first-order chi connectivity index (χ1) is 8.22. The van der Waals surface area contributed by atoms with Crippen LogP contribution in [-0.2, 0) is 0 Å². The lowest BCUT2D eigenvalue weighted by Gasteiger charge is -2.15. The van der Waals surface area contributed by atoms with Gasteiger partial charge in [0.05, 0.1) is 7.11 Å². The normalized spacial score (nSPS) is 10.8. The van der Waals surface area contributed by atoms with Gasteiger partial charge < -0.3 is 15.6 Å². The Balaban J connectivity index is 0.00000162. The van der Waals surface area contributed by atoms with E-state index in [0.29, 0.717) is 17.0 Å². The molecule has 0 radical (unpaired) electrons. The number of ether oxygens (including phenoxy) is 1. The number of aliphatic hydroxyl groups excluding tert-OH is 1. The lowest BCUT2D eigenvalue weighted by Crippen LogP contribution is -2.03. The highest BCUT2D eigenvalue weighted by atomic mass is 35.5. The van der Waals surface area contributed by atoms with Crippen LogP contribution in [0.4, 0.5) is 5.69 Å². The highest BCUT2D eigenvalue weighted by molar-refractivity contribution is 5.85. The van der Waals surface area contributed by atoms with E-state index in [2.05, 4.69) is 4.98 Å². The number of aromatic nitrogens is 1. The third-order valence-electron chi connectivity index (χ3n) is 2.55. The zero-order valence-electron chi connectivity index (χ0n) is 10.3. The van der Waals surface area contributed by atoms with Gasteiger partial charge in [0.15, 0.2) is 0 Å². The molecule has 0 spiro atoms. The molecule has 1 unspecified atom stereocenters. The number of halogens is 2. The molecule has 1 aromatic heterocycles. The second-order valence-corrected chi connectivity index (χ2v) is 3.69. The first kappa shape index (κ1) is 17.5. The number of hydrogen-bond donors (Lipinski definition) is 2. The van der Waals surface area contributed by atoms with Gasteiger partial charge in [0, 0.05) is 35.3 Å². The number of benzene rings is 1. The van der Waals surface area contributed by atoms with Gasteiger partial charge in [-0.05, 0) is 12.1 Å². The SMILES string of the molecule is COc1cc(N)ccc1C(O)c1cccnc1.Cl.Cl. The minimum absolute atomic E-state index is 0. The van der Waals surface area contributed by atoms with E-state index >= 15 is 0 Å². The standard InChI is InChI=1S/C13H14N2O2.2ClH/c1-17-12-7-10(14)4-5-11(12)13(16)9-3-2-6-15-8-9;;/h2-8,13,16H,14H2,1H3;2*1H. The Hall–Kier alpha value is -1.49. The fourth-order valence-corrected chi connectivity index (χ4v) is 1.67. The van der Waals surface area contributed by atoms with Gasteiger partial charge in [-0.25, -0.2) is 0 Å². The third-order valence-corrected chi connectivity index (χ3v) is 2.55. The van der Waals surface area contributed by atoms with E-state index in [1.54, 1.807) is 43.8 Å². The van der Waals surface area contributed by atoms with Gasteiger partial charge >= 0.3 is 0 Å². The van der Waals surface area contributed by atoms with Crippen LogP contribution >= 0.6 is 24.8 Å². The first-order valence-corrected chi connectivity index (χ1v) is 5.24. The zero-order chi connectivity index (χ0) is 12.3. The lowest BCUT2D eigenvalue weighted by atomic mass is 10.0. The van der Waals surface area contributed by atoms with E-state index in [0.717, 1.165) is 5.56 Å². The molecule has 0 bridgehead atoms. The molecule has 0 saturated heterocycles. The molecule has 0 aliphatic rings. The van der Waals surface area contributed by atoms with E-state index in [4.69, 9.17) is 10.5 Å². The Bertz CT molecular complexity index is 509. The predicted molar refractivity (Wildman–Crippen MR) is 80.2 cm³/mol. The lowest BCUT2D eigenvalue weighted by molar-refractivity contribution is 0.214. The summed E-state index contributed by atoms with van der Waals surface area (Å²) in [5.74, 6) is 0.571. The van der Waals surface area contributed by atoms with Gasteiger partial charge in [-0.15, -0.1) is 24.8 Å². The van der Waals surface area contributed by atoms with Crippen molar-refractivity contribution >= 4 is 30.5 Å². The van der Waals surface area contributed by atoms with Crippen LogP contribution < -0.4 is 10.5 Å². The molecular weight excluding hydrogens is 287 g/mol. The second-order valence-electron chi connectivity index (χ2n) is 3.69. The molecule has 4 nitrogen and oxygen atoms in total. The van der Waals surface area contributed by atoms with Crippen LogP contribution in [0, 0.1) is 0 Å². The van der Waals surface area contributed by atoms with Crippen molar-refractivity contribution in [2.24, 2.45) is 0 Å². The summed E-state index contributed by atoms with van der Waals surface area (Å²) in [7, 11) is 1.55. The maximum Gasteiger partial charge on any atom is 0.127 e. The molecule has 6 heteroatoms. The first-order valence-electron chi connectivity index (χ1n) is 5.24. The van der Waals surface area contributed by atoms with E-state index < -0.39 is 6.10 Å². The van der Waals surface area contributed by atoms with Crippen molar-refractivity contribution in [1.29, 1.82) is 0 Å². The van der Waals surface area contributed by atoms with Crippen LogP contribution in [0.25, 0.3) is 0 Å². The highest BCUT2D eigenvalue weighted by Gasteiger charge is 2.15. The molecule has 3 N–H and O–H groups in total. The number of methoxy groups -OCH3 is 1. The Morgan fingerprint density at radius 3 is 2.58 bits per heavy atom. The second kappa shape index (κ2) is 7.84. The van der Waals surface area contributed by atoms with Gasteiger partial charge in [-0.1, -0.05) is 12.1 Å². The quantitative estimate of drug-likeness (QED) is 0.855. The molecule has 19 heavy (non-hydrogen) atoms. The summed E-state index contributed by atoms with van der Waals surface area (Å²) in [4.78, 5) is 3.98. The van der Waals surface area contributed by atoms with E-state index in [1.165, 1.54) is 0 Å². The smallest absolute Gasteiger partial charge is 0.127 e. The number of pyridine rings is 1. The molecule has 0 fully saturated rings. The van der Waals surface area contributed by atoms with Gasteiger partial charge in [-0.3, -0.25) is 4.98 Å². The number of nitrogens with two attached hydrogens (primary N) is 1. The van der Waals surface area contributed by atoms with Gasteiger partial charge in [0.2, 0.25) is 0 Å². The number of rotatable bonds is 3. The Labute approximate surface area is 124 Å². The maximum absolute atomic E-state index is 10.2. The average Bonchev–Trinajstić information content (AvgIpc) is 2.39. The summed E-state index contributed by atoms with van der Waals surface area (Å²) in [6.45, 7) is 0. The van der Waals surface area contributed by atoms with Crippen LogP contribution in [0.5, 0.6) is 5.75 Å². The number of aliphatic hydroxyl groups is 1. The van der Waals surface area contributed by atoms with Gasteiger partial charge in [0.1, 0.15) is 11.9 Å². The molecule has 1 aromatic carbocycles. The van der Waals surface area contributed by atoms with Gasteiger partial charge in [0.25, 0.3) is 0 Å². The Morgan fingerprint density at radius 1 is 1.26 bits per heavy atom. The van der Waals surface area contributed by atoms with Crippen molar-refractivity contribution in [2.45, 2.75) is 6.10 Å². The molecule has 0 amide bonds. The summed E-state index contributed by atoms with van der Waals surface area (Å²) in [5.41, 5.74) is 7.66. The van der Waals surface area contributed by atoms with Crippen molar-refractivity contribution in [2.75, 3.05) is 12.8 Å². The monoisotopic (exact) mass is 302 g/mol. The largest absolute Gasteiger partial charge is 0.496 e. The molecule has 1 atom stereocenters. The Morgan fingerprint density at radius 2 is 2.00 bits per heavy atom. The van der Waals surface area contributed by atoms with Crippen LogP contribution in [0.3, 0.4) is 0 Å². The minimum Gasteiger partial charge on any atom is -0.496 e. The van der Waals surface area contributed by atoms with Crippen molar-refractivity contribution < 1.29 is 9.84 Å². The van der Waals surface area contributed by atoms with Gasteiger partial charge in [-0.2, -0.15) is 0 Å².